The molecule has 0 aromatic heterocycles. The van der Waals surface area contributed by atoms with Crippen LogP contribution in [-0.4, -0.2) is 87.5 Å². The molecule has 6 N–H and O–H groups in total. The van der Waals surface area contributed by atoms with E-state index in [0.29, 0.717) is 12.8 Å². The third-order valence-electron chi connectivity index (χ3n) is 14.7. The van der Waals surface area contributed by atoms with Crippen molar-refractivity contribution in [3.8, 4) is 0 Å². The molecule has 1 aliphatic rings. The number of amides is 1. The summed E-state index contributed by atoms with van der Waals surface area (Å²) < 4.78 is 11.3. The van der Waals surface area contributed by atoms with Crippen LogP contribution in [-0.2, 0) is 14.3 Å². The molecule has 0 radical (unpaired) electrons. The molecule has 1 saturated heterocycles. The minimum Gasteiger partial charge on any atom is -0.394 e. The van der Waals surface area contributed by atoms with Crippen LogP contribution >= 0.6 is 0 Å². The first-order valence-electron chi connectivity index (χ1n) is 29.7. The van der Waals surface area contributed by atoms with Gasteiger partial charge >= 0.3 is 0 Å². The zero-order valence-corrected chi connectivity index (χ0v) is 44.4. The van der Waals surface area contributed by atoms with E-state index in [-0.39, 0.29) is 12.5 Å². The Morgan fingerprint density at radius 2 is 0.746 bits per heavy atom. The molecule has 9 nitrogen and oxygen atoms in total. The lowest BCUT2D eigenvalue weighted by Gasteiger charge is -2.40. The van der Waals surface area contributed by atoms with Gasteiger partial charge < -0.3 is 40.3 Å². The summed E-state index contributed by atoms with van der Waals surface area (Å²) in [5.41, 5.74) is 0. The van der Waals surface area contributed by atoms with Gasteiger partial charge in [0, 0.05) is 6.42 Å². The van der Waals surface area contributed by atoms with E-state index >= 15 is 0 Å². The smallest absolute Gasteiger partial charge is 0.220 e. The van der Waals surface area contributed by atoms with Crippen LogP contribution in [0.3, 0.4) is 0 Å². The Morgan fingerprint density at radius 3 is 1.06 bits per heavy atom. The van der Waals surface area contributed by atoms with Crippen LogP contribution in [0.5, 0.6) is 0 Å². The van der Waals surface area contributed by atoms with Crippen molar-refractivity contribution in [1.29, 1.82) is 0 Å². The highest BCUT2D eigenvalue weighted by Gasteiger charge is 2.44. The van der Waals surface area contributed by atoms with Gasteiger partial charge in [0.25, 0.3) is 0 Å². The summed E-state index contributed by atoms with van der Waals surface area (Å²) in [5.74, 6) is -0.137. The molecule has 0 spiro atoms. The Bertz CT molecular complexity index is 1020. The average Bonchev–Trinajstić information content (AvgIpc) is 3.33. The molecule has 0 aliphatic carbocycles. The van der Waals surface area contributed by atoms with Crippen molar-refractivity contribution < 1.29 is 39.8 Å². The van der Waals surface area contributed by atoms with Crippen LogP contribution in [0.25, 0.3) is 0 Å². The fraction of sp³-hybridized carbons (Fsp3) is 0.983. The Balaban J connectivity index is 2.06. The predicted octanol–water partition coefficient (Wildman–Crippen LogP) is 14.6. The van der Waals surface area contributed by atoms with E-state index in [1.807, 2.05) is 0 Å². The van der Waals surface area contributed by atoms with Gasteiger partial charge in [-0.2, -0.15) is 0 Å². The van der Waals surface area contributed by atoms with Crippen molar-refractivity contribution in [2.45, 2.75) is 352 Å². The third kappa shape index (κ3) is 38.5. The van der Waals surface area contributed by atoms with E-state index in [2.05, 4.69) is 19.2 Å². The van der Waals surface area contributed by atoms with E-state index in [9.17, 15) is 30.3 Å². The molecule has 1 amide bonds. The van der Waals surface area contributed by atoms with E-state index in [0.717, 1.165) is 38.5 Å². The van der Waals surface area contributed by atoms with Crippen molar-refractivity contribution in [3.63, 3.8) is 0 Å². The molecule has 1 fully saturated rings. The van der Waals surface area contributed by atoms with Gasteiger partial charge in [0.05, 0.1) is 25.4 Å². The Kier molecular flexibility index (Phi) is 46.8. The summed E-state index contributed by atoms with van der Waals surface area (Å²) in [4.78, 5) is 13.0. The standard InChI is InChI=1S/C58H115NO8/c1-3-5-7-9-11-13-15-17-18-19-20-21-22-23-24-25-26-27-28-29-30-31-32-33-34-35-36-38-40-42-44-46-48-54(62)59-51(50-66-58-57(65)56(64)55(63)53(49-60)67-58)52(61)47-45-43-41-39-37-16-14-12-10-8-6-4-2/h51-53,55-58,60-61,63-65H,3-50H2,1-2H3,(H,59,62). The quantitative estimate of drug-likeness (QED) is 0.0330. The molecule has 67 heavy (non-hydrogen) atoms. The van der Waals surface area contributed by atoms with Crippen molar-refractivity contribution in [1.82, 2.24) is 5.32 Å². The lowest BCUT2D eigenvalue weighted by molar-refractivity contribution is -0.302. The first kappa shape index (κ1) is 64.2. The maximum Gasteiger partial charge on any atom is 0.220 e. The number of carbonyl (C=O) groups is 1. The number of aliphatic hydroxyl groups excluding tert-OH is 5. The van der Waals surface area contributed by atoms with Gasteiger partial charge in [-0.3, -0.25) is 4.79 Å². The van der Waals surface area contributed by atoms with Crippen molar-refractivity contribution in [2.75, 3.05) is 13.2 Å². The van der Waals surface area contributed by atoms with Crippen LogP contribution in [0.2, 0.25) is 0 Å². The predicted molar refractivity (Wildman–Crippen MR) is 281 cm³/mol. The molecule has 1 heterocycles. The zero-order chi connectivity index (χ0) is 48.7. The number of hydrogen-bond donors (Lipinski definition) is 6. The SMILES string of the molecule is CCCCCCCCCCCCCCCCCCCCCCCCCCCCCCCCCCC(=O)NC(COC1OC(CO)C(O)C(O)C1O)C(O)CCCCCCCCCCCCCC. The molecule has 7 atom stereocenters. The molecule has 0 aromatic carbocycles. The zero-order valence-electron chi connectivity index (χ0n) is 44.4. The minimum absolute atomic E-state index is 0.131. The molecule has 0 bridgehead atoms. The summed E-state index contributed by atoms with van der Waals surface area (Å²) >= 11 is 0. The molecule has 0 saturated carbocycles. The highest BCUT2D eigenvalue weighted by molar-refractivity contribution is 5.76. The summed E-state index contributed by atoms with van der Waals surface area (Å²) in [6.07, 6.45) is 51.6. The largest absolute Gasteiger partial charge is 0.394 e. The van der Waals surface area contributed by atoms with Crippen LogP contribution in [0.15, 0.2) is 0 Å². The molecular weight excluding hydrogens is 839 g/mol. The maximum absolute atomic E-state index is 13.0. The van der Waals surface area contributed by atoms with Gasteiger partial charge in [0.1, 0.15) is 24.4 Å². The van der Waals surface area contributed by atoms with Gasteiger partial charge in [-0.15, -0.1) is 0 Å². The number of hydrogen-bond acceptors (Lipinski definition) is 8. The number of aliphatic hydroxyl groups is 5. The molecule has 400 valence electrons. The normalized spacial score (nSPS) is 19.5. The van der Waals surface area contributed by atoms with Crippen LogP contribution in [0.4, 0.5) is 0 Å². The Labute approximate surface area is 414 Å². The van der Waals surface area contributed by atoms with Crippen LogP contribution in [0.1, 0.15) is 309 Å². The highest BCUT2D eigenvalue weighted by Crippen LogP contribution is 2.23. The van der Waals surface area contributed by atoms with Gasteiger partial charge in [-0.1, -0.05) is 290 Å². The first-order valence-corrected chi connectivity index (χ1v) is 29.7. The molecule has 1 rings (SSSR count). The fourth-order valence-corrected chi connectivity index (χ4v) is 9.99. The van der Waals surface area contributed by atoms with Crippen LogP contribution in [0, 0.1) is 0 Å². The summed E-state index contributed by atoms with van der Waals surface area (Å²) in [7, 11) is 0. The molecule has 1 aliphatic heterocycles. The molecule has 9 heteroatoms. The summed E-state index contributed by atoms with van der Waals surface area (Å²) in [6.45, 7) is 3.87. The van der Waals surface area contributed by atoms with Crippen LogP contribution < -0.4 is 5.32 Å². The fourth-order valence-electron chi connectivity index (χ4n) is 9.99. The number of rotatable bonds is 52. The van der Waals surface area contributed by atoms with Gasteiger partial charge in [0.15, 0.2) is 6.29 Å². The van der Waals surface area contributed by atoms with Crippen molar-refractivity contribution in [2.24, 2.45) is 0 Å². The van der Waals surface area contributed by atoms with E-state index in [4.69, 9.17) is 9.47 Å². The minimum atomic E-state index is -1.55. The van der Waals surface area contributed by atoms with E-state index in [1.54, 1.807) is 0 Å². The molecular formula is C58H115NO8. The number of ether oxygens (including phenoxy) is 2. The monoisotopic (exact) mass is 954 g/mol. The highest BCUT2D eigenvalue weighted by atomic mass is 16.7. The van der Waals surface area contributed by atoms with Crippen molar-refractivity contribution >= 4 is 5.91 Å². The second-order valence-corrected chi connectivity index (χ2v) is 21.2. The first-order chi connectivity index (χ1) is 32.8. The van der Waals surface area contributed by atoms with Gasteiger partial charge in [0.2, 0.25) is 5.91 Å². The third-order valence-corrected chi connectivity index (χ3v) is 14.7. The van der Waals surface area contributed by atoms with Gasteiger partial charge in [-0.25, -0.2) is 0 Å². The van der Waals surface area contributed by atoms with Crippen molar-refractivity contribution in [3.05, 3.63) is 0 Å². The number of unbranched alkanes of at least 4 members (excludes halogenated alkanes) is 42. The van der Waals surface area contributed by atoms with E-state index < -0.39 is 49.5 Å². The lowest BCUT2D eigenvalue weighted by Crippen LogP contribution is -2.60. The number of carbonyl (C=O) groups excluding carboxylic acids is 1. The lowest BCUT2D eigenvalue weighted by atomic mass is 9.99. The summed E-state index contributed by atoms with van der Waals surface area (Å²) in [5, 5.41) is 54.5. The van der Waals surface area contributed by atoms with Gasteiger partial charge in [-0.05, 0) is 12.8 Å². The topological polar surface area (TPSA) is 149 Å². The second kappa shape index (κ2) is 48.8. The average molecular weight is 955 g/mol. The Hall–Kier alpha value is -0.810. The molecule has 7 unspecified atom stereocenters. The second-order valence-electron chi connectivity index (χ2n) is 21.2. The number of nitrogens with one attached hydrogen (secondary N) is 1. The summed E-state index contributed by atoms with van der Waals surface area (Å²) in [6, 6.07) is -0.712. The maximum atomic E-state index is 13.0. The van der Waals surface area contributed by atoms with E-state index in [1.165, 1.54) is 244 Å². The molecule has 0 aromatic rings. The Morgan fingerprint density at radius 1 is 0.448 bits per heavy atom.